The lowest BCUT2D eigenvalue weighted by Gasteiger charge is -2.28. The molecule has 0 spiro atoms. The van der Waals surface area contributed by atoms with Gasteiger partial charge in [0.2, 0.25) is 0 Å². The first-order chi connectivity index (χ1) is 8.74. The van der Waals surface area contributed by atoms with Gasteiger partial charge in [0.25, 0.3) is 0 Å². The summed E-state index contributed by atoms with van der Waals surface area (Å²) in [5.41, 5.74) is 1.15. The predicted octanol–water partition coefficient (Wildman–Crippen LogP) is 3.19. The fourth-order valence-corrected chi connectivity index (χ4v) is 3.70. The zero-order chi connectivity index (χ0) is 12.5. The first kappa shape index (κ1) is 12.0. The topological polar surface area (TPSA) is 15.3 Å². The van der Waals surface area contributed by atoms with Crippen molar-refractivity contribution in [3.63, 3.8) is 0 Å². The van der Waals surface area contributed by atoms with Crippen LogP contribution in [0.15, 0.2) is 30.3 Å². The molecule has 0 amide bonds. The van der Waals surface area contributed by atoms with Crippen LogP contribution in [0.25, 0.3) is 0 Å². The molecule has 3 rings (SSSR count). The lowest BCUT2D eigenvalue weighted by molar-refractivity contribution is 0.391. The Kier molecular flexibility index (Phi) is 3.25. The van der Waals surface area contributed by atoms with E-state index in [4.69, 9.17) is 12.2 Å². The second-order valence-corrected chi connectivity index (χ2v) is 6.01. The molecule has 0 radical (unpaired) electrons. The summed E-state index contributed by atoms with van der Waals surface area (Å²) in [6, 6.07) is 10.9. The van der Waals surface area contributed by atoms with E-state index in [2.05, 4.69) is 22.3 Å². The normalized spacial score (nSPS) is 29.3. The molecule has 2 saturated carbocycles. The Morgan fingerprint density at radius 1 is 1.22 bits per heavy atom. The van der Waals surface area contributed by atoms with Crippen LogP contribution in [0.1, 0.15) is 25.7 Å². The molecule has 18 heavy (non-hydrogen) atoms. The van der Waals surface area contributed by atoms with E-state index in [9.17, 15) is 0 Å². The Labute approximate surface area is 114 Å². The number of rotatable bonds is 2. The first-order valence-corrected chi connectivity index (χ1v) is 7.24. The fraction of sp³-hybridized carbons (Fsp3) is 0.533. The van der Waals surface area contributed by atoms with Crippen molar-refractivity contribution in [1.29, 1.82) is 0 Å². The number of nitrogens with one attached hydrogen (secondary N) is 1. The Morgan fingerprint density at radius 3 is 2.61 bits per heavy atom. The number of hydrogen-bond donors (Lipinski definition) is 1. The number of fused-ring (bicyclic) bond motifs is 2. The van der Waals surface area contributed by atoms with Gasteiger partial charge in [0.05, 0.1) is 0 Å². The summed E-state index contributed by atoms with van der Waals surface area (Å²) in [7, 11) is 2.04. The summed E-state index contributed by atoms with van der Waals surface area (Å²) in [6.07, 6.45) is 5.55. The van der Waals surface area contributed by atoms with Gasteiger partial charge in [-0.3, -0.25) is 0 Å². The molecule has 2 nitrogen and oxygen atoms in total. The molecule has 1 aromatic carbocycles. The highest BCUT2D eigenvalue weighted by atomic mass is 32.1. The highest BCUT2D eigenvalue weighted by molar-refractivity contribution is 7.80. The van der Waals surface area contributed by atoms with Gasteiger partial charge in [-0.05, 0) is 55.4 Å². The van der Waals surface area contributed by atoms with Crippen LogP contribution < -0.4 is 10.2 Å². The Hall–Kier alpha value is -1.09. The predicted molar refractivity (Wildman–Crippen MR) is 79.8 cm³/mol. The lowest BCUT2D eigenvalue weighted by Crippen LogP contribution is -2.45. The van der Waals surface area contributed by atoms with Crippen LogP contribution in [-0.4, -0.2) is 18.2 Å². The van der Waals surface area contributed by atoms with Crippen molar-refractivity contribution >= 4 is 23.0 Å². The van der Waals surface area contributed by atoms with Gasteiger partial charge in [0.1, 0.15) is 0 Å². The Morgan fingerprint density at radius 2 is 2.00 bits per heavy atom. The molecule has 0 aromatic heterocycles. The maximum Gasteiger partial charge on any atom is 0.173 e. The van der Waals surface area contributed by atoms with Crippen molar-refractivity contribution in [2.75, 3.05) is 11.9 Å². The van der Waals surface area contributed by atoms with Crippen molar-refractivity contribution in [3.8, 4) is 0 Å². The van der Waals surface area contributed by atoms with Gasteiger partial charge in [-0.2, -0.15) is 0 Å². The van der Waals surface area contributed by atoms with E-state index in [1.807, 2.05) is 25.2 Å². The van der Waals surface area contributed by atoms with E-state index in [0.717, 1.165) is 22.6 Å². The van der Waals surface area contributed by atoms with Crippen LogP contribution in [-0.2, 0) is 0 Å². The minimum absolute atomic E-state index is 0.613. The van der Waals surface area contributed by atoms with E-state index < -0.39 is 0 Å². The van der Waals surface area contributed by atoms with E-state index in [-0.39, 0.29) is 0 Å². The fourth-order valence-electron chi connectivity index (χ4n) is 3.45. The molecule has 0 aliphatic heterocycles. The first-order valence-electron chi connectivity index (χ1n) is 6.83. The minimum Gasteiger partial charge on any atom is -0.359 e. The average molecular weight is 260 g/mol. The van der Waals surface area contributed by atoms with Crippen molar-refractivity contribution in [2.24, 2.45) is 11.8 Å². The maximum atomic E-state index is 5.53. The third-order valence-corrected chi connectivity index (χ3v) is 4.89. The third-order valence-electron chi connectivity index (χ3n) is 4.50. The number of para-hydroxylation sites is 1. The number of anilines is 1. The Balaban J connectivity index is 1.62. The van der Waals surface area contributed by atoms with Gasteiger partial charge < -0.3 is 10.2 Å². The third kappa shape index (κ3) is 2.24. The highest BCUT2D eigenvalue weighted by Crippen LogP contribution is 2.44. The molecule has 2 aliphatic carbocycles. The number of nitrogens with zero attached hydrogens (tertiary/aromatic N) is 1. The lowest BCUT2D eigenvalue weighted by atomic mass is 9.95. The van der Waals surface area contributed by atoms with Gasteiger partial charge in [0.15, 0.2) is 5.11 Å². The maximum absolute atomic E-state index is 5.53. The standard InChI is InChI=1S/C15H20N2S/c1-17(13-5-3-2-4-6-13)15(18)16-14-10-11-7-8-12(14)9-11/h2-6,11-12,14H,7-10H2,1H3,(H,16,18)/t11-,12-,14+/m1/s1. The molecule has 0 heterocycles. The van der Waals surface area contributed by atoms with Crippen molar-refractivity contribution in [3.05, 3.63) is 30.3 Å². The van der Waals surface area contributed by atoms with Gasteiger partial charge in [-0.1, -0.05) is 24.6 Å². The van der Waals surface area contributed by atoms with E-state index in [0.29, 0.717) is 6.04 Å². The second kappa shape index (κ2) is 4.88. The summed E-state index contributed by atoms with van der Waals surface area (Å²) in [5, 5.41) is 4.43. The smallest absolute Gasteiger partial charge is 0.173 e. The summed E-state index contributed by atoms with van der Waals surface area (Å²) in [4.78, 5) is 2.07. The van der Waals surface area contributed by atoms with Crippen molar-refractivity contribution in [2.45, 2.75) is 31.7 Å². The molecule has 1 N–H and O–H groups in total. The summed E-state index contributed by atoms with van der Waals surface area (Å²) in [6.45, 7) is 0. The second-order valence-electron chi connectivity index (χ2n) is 5.63. The number of hydrogen-bond acceptors (Lipinski definition) is 1. The van der Waals surface area contributed by atoms with Crippen LogP contribution in [0.4, 0.5) is 5.69 Å². The summed E-state index contributed by atoms with van der Waals surface area (Å²) >= 11 is 5.53. The summed E-state index contributed by atoms with van der Waals surface area (Å²) < 4.78 is 0. The van der Waals surface area contributed by atoms with Gasteiger partial charge in [0, 0.05) is 18.8 Å². The zero-order valence-electron chi connectivity index (χ0n) is 10.8. The molecular weight excluding hydrogens is 240 g/mol. The molecule has 1 aromatic rings. The van der Waals surface area contributed by atoms with Crippen LogP contribution in [0.3, 0.4) is 0 Å². The molecule has 2 bridgehead atoms. The van der Waals surface area contributed by atoms with Gasteiger partial charge in [-0.15, -0.1) is 0 Å². The Bertz CT molecular complexity index is 431. The number of benzene rings is 1. The molecule has 0 unspecified atom stereocenters. The SMILES string of the molecule is CN(C(=S)N[C@H]1C[C@@H]2CC[C@@H]1C2)c1ccccc1. The van der Waals surface area contributed by atoms with Crippen LogP contribution in [0, 0.1) is 11.8 Å². The molecule has 0 saturated heterocycles. The summed E-state index contributed by atoms with van der Waals surface area (Å²) in [5.74, 6) is 1.81. The molecule has 2 fully saturated rings. The van der Waals surface area contributed by atoms with Gasteiger partial charge in [-0.25, -0.2) is 0 Å². The van der Waals surface area contributed by atoms with Crippen LogP contribution in [0.2, 0.25) is 0 Å². The number of thiocarbonyl (C=S) groups is 1. The quantitative estimate of drug-likeness (QED) is 0.822. The molecule has 3 atom stereocenters. The molecular formula is C15H20N2S. The van der Waals surface area contributed by atoms with Crippen LogP contribution >= 0.6 is 12.2 Å². The van der Waals surface area contributed by atoms with Gasteiger partial charge >= 0.3 is 0 Å². The minimum atomic E-state index is 0.613. The van der Waals surface area contributed by atoms with Crippen molar-refractivity contribution in [1.82, 2.24) is 5.32 Å². The zero-order valence-corrected chi connectivity index (χ0v) is 11.6. The average Bonchev–Trinajstić information content (AvgIpc) is 3.01. The highest BCUT2D eigenvalue weighted by Gasteiger charge is 2.39. The largest absolute Gasteiger partial charge is 0.359 e. The molecule has 2 aliphatic rings. The molecule has 3 heteroatoms. The monoisotopic (exact) mass is 260 g/mol. The van der Waals surface area contributed by atoms with Crippen molar-refractivity contribution < 1.29 is 0 Å². The van der Waals surface area contributed by atoms with E-state index in [1.54, 1.807) is 0 Å². The molecule has 96 valence electrons. The van der Waals surface area contributed by atoms with E-state index >= 15 is 0 Å². The van der Waals surface area contributed by atoms with Crippen LogP contribution in [0.5, 0.6) is 0 Å². The van der Waals surface area contributed by atoms with E-state index in [1.165, 1.54) is 25.7 Å².